The molecule has 23 heavy (non-hydrogen) atoms. The Bertz CT molecular complexity index is 637. The lowest BCUT2D eigenvalue weighted by Crippen LogP contribution is -2.52. The number of anilines is 1. The van der Waals surface area contributed by atoms with Gasteiger partial charge in [-0.1, -0.05) is 23.7 Å². The summed E-state index contributed by atoms with van der Waals surface area (Å²) in [5.74, 6) is -0.444. The van der Waals surface area contributed by atoms with Gasteiger partial charge in [0.15, 0.2) is 0 Å². The zero-order valence-electron chi connectivity index (χ0n) is 12.6. The lowest BCUT2D eigenvalue weighted by molar-refractivity contribution is -0.144. The lowest BCUT2D eigenvalue weighted by Gasteiger charge is -2.34. The first-order valence-corrected chi connectivity index (χ1v) is 7.99. The first-order valence-electron chi connectivity index (χ1n) is 7.61. The van der Waals surface area contributed by atoms with Gasteiger partial charge in [-0.15, -0.1) is 0 Å². The Morgan fingerprint density at radius 1 is 1.13 bits per heavy atom. The van der Waals surface area contributed by atoms with Gasteiger partial charge in [-0.25, -0.2) is 0 Å². The molecule has 0 aromatic heterocycles. The van der Waals surface area contributed by atoms with E-state index in [9.17, 15) is 14.4 Å². The highest BCUT2D eigenvalue weighted by atomic mass is 35.5. The highest BCUT2D eigenvalue weighted by molar-refractivity contribution is 6.34. The number of rotatable bonds is 4. The Morgan fingerprint density at radius 2 is 1.78 bits per heavy atom. The highest BCUT2D eigenvalue weighted by Crippen LogP contribution is 2.48. The number of amides is 3. The summed E-state index contributed by atoms with van der Waals surface area (Å²) >= 11 is 6.05. The van der Waals surface area contributed by atoms with Crippen molar-refractivity contribution < 1.29 is 14.4 Å². The second-order valence-corrected chi connectivity index (χ2v) is 6.36. The van der Waals surface area contributed by atoms with Crippen LogP contribution in [0.15, 0.2) is 24.3 Å². The smallest absolute Gasteiger partial charge is 0.240 e. The molecule has 7 heteroatoms. The van der Waals surface area contributed by atoms with Crippen molar-refractivity contribution in [3.8, 4) is 0 Å². The van der Waals surface area contributed by atoms with E-state index in [1.807, 2.05) is 0 Å². The van der Waals surface area contributed by atoms with E-state index in [0.717, 1.165) is 6.41 Å². The predicted octanol–water partition coefficient (Wildman–Crippen LogP) is 1.36. The molecule has 3 rings (SSSR count). The molecular weight excluding hydrogens is 318 g/mol. The van der Waals surface area contributed by atoms with Gasteiger partial charge >= 0.3 is 0 Å². The van der Waals surface area contributed by atoms with Crippen LogP contribution in [0, 0.1) is 5.41 Å². The van der Waals surface area contributed by atoms with Gasteiger partial charge in [0, 0.05) is 26.2 Å². The standard InChI is InChI=1S/C16H18ClN3O3/c17-12-3-1-2-4-13(12)18-14(22)16(5-6-16)15(23)20-9-7-19(11-21)8-10-20/h1-4,11H,5-10H2,(H,18,22). The summed E-state index contributed by atoms with van der Waals surface area (Å²) in [6.07, 6.45) is 1.89. The molecule has 3 amide bonds. The van der Waals surface area contributed by atoms with Crippen LogP contribution < -0.4 is 5.32 Å². The van der Waals surface area contributed by atoms with Gasteiger partial charge in [0.25, 0.3) is 0 Å². The first-order chi connectivity index (χ1) is 11.1. The normalized spacial score (nSPS) is 19.2. The number of carbonyl (C=O) groups is 3. The van der Waals surface area contributed by atoms with Gasteiger partial charge in [0.2, 0.25) is 18.2 Å². The second kappa shape index (κ2) is 6.20. The number of nitrogens with one attached hydrogen (secondary N) is 1. The van der Waals surface area contributed by atoms with Crippen LogP contribution in [0.25, 0.3) is 0 Å². The van der Waals surface area contributed by atoms with E-state index in [4.69, 9.17) is 11.6 Å². The zero-order valence-corrected chi connectivity index (χ0v) is 13.4. The van der Waals surface area contributed by atoms with E-state index in [1.54, 1.807) is 34.1 Å². The fraction of sp³-hybridized carbons (Fsp3) is 0.438. The van der Waals surface area contributed by atoms with Crippen molar-refractivity contribution in [1.29, 1.82) is 0 Å². The molecule has 1 aromatic carbocycles. The number of nitrogens with zero attached hydrogens (tertiary/aromatic N) is 2. The molecule has 0 atom stereocenters. The minimum Gasteiger partial charge on any atom is -0.342 e. The summed E-state index contributed by atoms with van der Waals surface area (Å²) in [6.45, 7) is 1.96. The molecule has 1 heterocycles. The predicted molar refractivity (Wildman–Crippen MR) is 86.0 cm³/mol. The molecule has 0 unspecified atom stereocenters. The third-order valence-corrected chi connectivity index (χ3v) is 4.80. The molecule has 0 bridgehead atoms. The lowest BCUT2D eigenvalue weighted by atomic mass is 10.0. The molecule has 1 aliphatic heterocycles. The molecule has 1 aliphatic carbocycles. The second-order valence-electron chi connectivity index (χ2n) is 5.95. The number of hydrogen-bond donors (Lipinski definition) is 1. The summed E-state index contributed by atoms with van der Waals surface area (Å²) in [5, 5.41) is 3.22. The van der Waals surface area contributed by atoms with Crippen LogP contribution in [0.2, 0.25) is 5.02 Å². The van der Waals surface area contributed by atoms with Crippen LogP contribution >= 0.6 is 11.6 Å². The number of para-hydroxylation sites is 1. The quantitative estimate of drug-likeness (QED) is 0.667. The van der Waals surface area contributed by atoms with Crippen molar-refractivity contribution in [3.63, 3.8) is 0 Å². The minimum atomic E-state index is -0.970. The largest absolute Gasteiger partial charge is 0.342 e. The summed E-state index contributed by atoms with van der Waals surface area (Å²) in [5.41, 5.74) is -0.452. The van der Waals surface area contributed by atoms with Gasteiger partial charge in [0.05, 0.1) is 10.7 Å². The van der Waals surface area contributed by atoms with E-state index >= 15 is 0 Å². The van der Waals surface area contributed by atoms with Gasteiger partial charge in [0.1, 0.15) is 5.41 Å². The zero-order chi connectivity index (χ0) is 16.4. The highest BCUT2D eigenvalue weighted by Gasteiger charge is 2.58. The maximum Gasteiger partial charge on any atom is 0.240 e. The number of piperazine rings is 1. The van der Waals surface area contributed by atoms with Crippen LogP contribution in [0.5, 0.6) is 0 Å². The summed E-state index contributed by atoms with van der Waals surface area (Å²) in [6, 6.07) is 6.96. The Balaban J connectivity index is 1.67. The Labute approximate surface area is 139 Å². The van der Waals surface area contributed by atoms with Crippen molar-refractivity contribution in [1.82, 2.24) is 9.80 Å². The average Bonchev–Trinajstić information content (AvgIpc) is 3.38. The van der Waals surface area contributed by atoms with Crippen molar-refractivity contribution in [3.05, 3.63) is 29.3 Å². The minimum absolute atomic E-state index is 0.146. The van der Waals surface area contributed by atoms with E-state index in [0.29, 0.717) is 49.7 Å². The molecule has 2 fully saturated rings. The Hall–Kier alpha value is -2.08. The van der Waals surface area contributed by atoms with Crippen LogP contribution in [-0.4, -0.2) is 54.2 Å². The molecule has 1 aromatic rings. The molecule has 1 N–H and O–H groups in total. The third kappa shape index (κ3) is 3.03. The fourth-order valence-corrected chi connectivity index (χ4v) is 2.98. The van der Waals surface area contributed by atoms with E-state index < -0.39 is 5.41 Å². The molecule has 2 aliphatic rings. The van der Waals surface area contributed by atoms with Crippen LogP contribution in [0.4, 0.5) is 5.69 Å². The topological polar surface area (TPSA) is 69.7 Å². The third-order valence-electron chi connectivity index (χ3n) is 4.47. The molecule has 122 valence electrons. The number of hydrogen-bond acceptors (Lipinski definition) is 3. The summed E-state index contributed by atoms with van der Waals surface area (Å²) in [4.78, 5) is 39.3. The summed E-state index contributed by atoms with van der Waals surface area (Å²) in [7, 11) is 0. The number of halogens is 1. The van der Waals surface area contributed by atoms with E-state index in [-0.39, 0.29) is 11.8 Å². The number of benzene rings is 1. The molecule has 0 spiro atoms. The van der Waals surface area contributed by atoms with Crippen molar-refractivity contribution in [2.24, 2.45) is 5.41 Å². The average molecular weight is 336 g/mol. The van der Waals surface area contributed by atoms with E-state index in [2.05, 4.69) is 5.32 Å². The maximum absolute atomic E-state index is 12.7. The molecule has 6 nitrogen and oxygen atoms in total. The Morgan fingerprint density at radius 3 is 2.35 bits per heavy atom. The van der Waals surface area contributed by atoms with Crippen molar-refractivity contribution in [2.45, 2.75) is 12.8 Å². The molecule has 1 saturated carbocycles. The Kier molecular flexibility index (Phi) is 4.26. The summed E-state index contributed by atoms with van der Waals surface area (Å²) < 4.78 is 0. The van der Waals surface area contributed by atoms with Gasteiger partial charge in [-0.3, -0.25) is 14.4 Å². The molecular formula is C16H18ClN3O3. The van der Waals surface area contributed by atoms with Crippen LogP contribution in [-0.2, 0) is 14.4 Å². The molecule has 0 radical (unpaired) electrons. The first kappa shape index (κ1) is 15.8. The van der Waals surface area contributed by atoms with Crippen LogP contribution in [0.1, 0.15) is 12.8 Å². The monoisotopic (exact) mass is 335 g/mol. The maximum atomic E-state index is 12.7. The van der Waals surface area contributed by atoms with Gasteiger partial charge in [-0.05, 0) is 25.0 Å². The van der Waals surface area contributed by atoms with Crippen molar-refractivity contribution >= 4 is 35.5 Å². The number of carbonyl (C=O) groups excluding carboxylic acids is 3. The van der Waals surface area contributed by atoms with Gasteiger partial charge < -0.3 is 15.1 Å². The van der Waals surface area contributed by atoms with E-state index in [1.165, 1.54) is 0 Å². The fourth-order valence-electron chi connectivity index (χ4n) is 2.80. The van der Waals surface area contributed by atoms with Crippen molar-refractivity contribution in [2.75, 3.05) is 31.5 Å². The molecule has 1 saturated heterocycles. The van der Waals surface area contributed by atoms with Gasteiger partial charge in [-0.2, -0.15) is 0 Å². The SMILES string of the molecule is O=CN1CCN(C(=O)C2(C(=O)Nc3ccccc3Cl)CC2)CC1. The van der Waals surface area contributed by atoms with Crippen LogP contribution in [0.3, 0.4) is 0 Å².